The van der Waals surface area contributed by atoms with Crippen LogP contribution in [-0.2, 0) is 19.7 Å². The smallest absolute Gasteiger partial charge is 0.187 e. The van der Waals surface area contributed by atoms with Crippen LogP contribution in [-0.4, -0.2) is 32.4 Å². The Hall–Kier alpha value is -0.100. The molecule has 0 aromatic heterocycles. The van der Waals surface area contributed by atoms with E-state index in [1.807, 2.05) is 0 Å². The second-order valence-corrected chi connectivity index (χ2v) is 8.42. The molecule has 0 amide bonds. The molecule has 1 spiro atoms. The number of rotatable bonds is 0. The predicted octanol–water partition coefficient (Wildman–Crippen LogP) is -0.290. The highest BCUT2D eigenvalue weighted by Gasteiger charge is 2.70. The highest BCUT2D eigenvalue weighted by Crippen LogP contribution is 2.48. The van der Waals surface area contributed by atoms with E-state index >= 15 is 0 Å². The van der Waals surface area contributed by atoms with Crippen molar-refractivity contribution in [1.82, 2.24) is 0 Å². The molecule has 0 N–H and O–H groups in total. The van der Waals surface area contributed by atoms with Gasteiger partial charge in [-0.15, -0.1) is 0 Å². The summed E-state index contributed by atoms with van der Waals surface area (Å²) in [5.41, 5.74) is 0. The summed E-state index contributed by atoms with van der Waals surface area (Å²) in [6.07, 6.45) is 1.65. The van der Waals surface area contributed by atoms with Gasteiger partial charge in [0, 0.05) is 0 Å². The predicted molar refractivity (Wildman–Crippen MR) is 44.2 cm³/mol. The third kappa shape index (κ3) is 0.821. The first-order valence-corrected chi connectivity index (χ1v) is 7.16. The van der Waals surface area contributed by atoms with Crippen LogP contribution in [0.5, 0.6) is 0 Å². The molecular weight excluding hydrogens is 200 g/mol. The van der Waals surface area contributed by atoms with Gasteiger partial charge in [0.1, 0.15) is 0 Å². The van der Waals surface area contributed by atoms with Crippen molar-refractivity contribution < 1.29 is 16.8 Å². The van der Waals surface area contributed by atoms with Gasteiger partial charge < -0.3 is 0 Å². The minimum atomic E-state index is -3.35. The van der Waals surface area contributed by atoms with Crippen LogP contribution in [0, 0.1) is 0 Å². The molecule has 2 heterocycles. The summed E-state index contributed by atoms with van der Waals surface area (Å²) in [6, 6.07) is 0. The fourth-order valence-electron chi connectivity index (χ4n) is 1.80. The summed E-state index contributed by atoms with van der Waals surface area (Å²) in [5, 5.41) is 0. The second kappa shape index (κ2) is 2.04. The molecule has 2 fully saturated rings. The Morgan fingerprint density at radius 1 is 0.917 bits per heavy atom. The fourth-order valence-corrected chi connectivity index (χ4v) is 7.60. The van der Waals surface area contributed by atoms with Gasteiger partial charge >= 0.3 is 0 Å². The normalized spacial score (nSPS) is 42.7. The zero-order valence-electron chi connectivity index (χ0n) is 6.49. The first-order valence-electron chi connectivity index (χ1n) is 3.86. The summed E-state index contributed by atoms with van der Waals surface area (Å²) in [7, 11) is -6.62. The molecule has 6 heteroatoms. The van der Waals surface area contributed by atoms with Crippen molar-refractivity contribution in [2.75, 3.05) is 11.5 Å². The van der Waals surface area contributed by atoms with Crippen molar-refractivity contribution in [3.8, 4) is 0 Å². The van der Waals surface area contributed by atoms with Crippen molar-refractivity contribution in [3.05, 3.63) is 0 Å². The molecule has 2 rings (SSSR count). The first-order chi connectivity index (χ1) is 5.41. The molecule has 0 saturated carbocycles. The van der Waals surface area contributed by atoms with E-state index in [-0.39, 0.29) is 11.5 Å². The lowest BCUT2D eigenvalue weighted by Crippen LogP contribution is -2.33. The van der Waals surface area contributed by atoms with Crippen molar-refractivity contribution in [1.29, 1.82) is 0 Å². The Bertz CT molecular complexity index is 405. The molecule has 2 aliphatic heterocycles. The van der Waals surface area contributed by atoms with Crippen LogP contribution in [0.15, 0.2) is 0 Å². The van der Waals surface area contributed by atoms with Crippen LogP contribution >= 0.6 is 0 Å². The summed E-state index contributed by atoms with van der Waals surface area (Å²) in [5.74, 6) is -0.0887. The third-order valence-electron chi connectivity index (χ3n) is 2.68. The van der Waals surface area contributed by atoms with Gasteiger partial charge in [-0.05, 0) is 19.3 Å². The van der Waals surface area contributed by atoms with Crippen LogP contribution in [0.2, 0.25) is 0 Å². The van der Waals surface area contributed by atoms with E-state index in [1.54, 1.807) is 0 Å². The van der Waals surface area contributed by atoms with Crippen molar-refractivity contribution in [2.24, 2.45) is 0 Å². The van der Waals surface area contributed by atoms with Gasteiger partial charge in [0.2, 0.25) is 0 Å². The van der Waals surface area contributed by atoms with E-state index in [1.165, 1.54) is 0 Å². The Kier molecular flexibility index (Phi) is 1.44. The van der Waals surface area contributed by atoms with Crippen LogP contribution in [0.3, 0.4) is 0 Å². The topological polar surface area (TPSA) is 68.3 Å². The lowest BCUT2D eigenvalue weighted by Gasteiger charge is -2.18. The highest BCUT2D eigenvalue weighted by atomic mass is 32.3. The maximum Gasteiger partial charge on any atom is 0.187 e. The molecule has 4 nitrogen and oxygen atoms in total. The van der Waals surface area contributed by atoms with Gasteiger partial charge in [-0.2, -0.15) is 0 Å². The van der Waals surface area contributed by atoms with Gasteiger partial charge in [-0.1, -0.05) is 0 Å². The maximum atomic E-state index is 11.4. The highest BCUT2D eigenvalue weighted by molar-refractivity contribution is 8.17. The van der Waals surface area contributed by atoms with Gasteiger partial charge in [-0.3, -0.25) is 0 Å². The molecule has 12 heavy (non-hydrogen) atoms. The lowest BCUT2D eigenvalue weighted by atomic mass is 10.2. The van der Waals surface area contributed by atoms with E-state index < -0.39 is 23.8 Å². The van der Waals surface area contributed by atoms with Crippen molar-refractivity contribution >= 4 is 19.7 Å². The van der Waals surface area contributed by atoms with Crippen molar-refractivity contribution in [3.63, 3.8) is 0 Å². The fraction of sp³-hybridized carbons (Fsp3) is 1.00. The zero-order chi connectivity index (χ0) is 9.04. The molecule has 0 bridgehead atoms. The summed E-state index contributed by atoms with van der Waals surface area (Å²) < 4.78 is 43.6. The molecule has 0 aromatic rings. The molecule has 2 saturated heterocycles. The number of hydrogen-bond donors (Lipinski definition) is 0. The standard InChI is InChI=1S/C6H10O4S2/c7-11(8)4-2-1-3-6(11)5-12(6,9)10/h1-5H2. The lowest BCUT2D eigenvalue weighted by molar-refractivity contribution is 0.544. The quantitative estimate of drug-likeness (QED) is 0.515. The monoisotopic (exact) mass is 210 g/mol. The molecule has 1 unspecified atom stereocenters. The third-order valence-corrected chi connectivity index (χ3v) is 8.70. The van der Waals surface area contributed by atoms with E-state index in [0.717, 1.165) is 6.42 Å². The van der Waals surface area contributed by atoms with Gasteiger partial charge in [-0.25, -0.2) is 16.8 Å². The number of sulfone groups is 2. The minimum absolute atomic E-state index is 0.0478. The molecule has 0 radical (unpaired) electrons. The van der Waals surface area contributed by atoms with Crippen LogP contribution in [0.1, 0.15) is 19.3 Å². The molecule has 70 valence electrons. The van der Waals surface area contributed by atoms with E-state index in [2.05, 4.69) is 0 Å². The van der Waals surface area contributed by atoms with E-state index in [4.69, 9.17) is 0 Å². The molecule has 2 aliphatic rings. The molecule has 1 atom stereocenters. The van der Waals surface area contributed by atoms with E-state index in [0.29, 0.717) is 12.8 Å². The SMILES string of the molecule is O=S1(=O)CCCCC12CS2(=O)=O. The molecule has 0 aliphatic carbocycles. The Morgan fingerprint density at radius 2 is 1.50 bits per heavy atom. The van der Waals surface area contributed by atoms with Gasteiger partial charge in [0.05, 0.1) is 11.5 Å². The van der Waals surface area contributed by atoms with Crippen LogP contribution < -0.4 is 0 Å². The van der Waals surface area contributed by atoms with Crippen LogP contribution in [0.25, 0.3) is 0 Å². The summed E-state index contributed by atoms with van der Waals surface area (Å²) in [6.45, 7) is 0. The largest absolute Gasteiger partial charge is 0.227 e. The Labute approximate surface area is 71.8 Å². The summed E-state index contributed by atoms with van der Waals surface area (Å²) in [4.78, 5) is 0. The maximum absolute atomic E-state index is 11.4. The summed E-state index contributed by atoms with van der Waals surface area (Å²) >= 11 is 0. The average molecular weight is 210 g/mol. The van der Waals surface area contributed by atoms with E-state index in [9.17, 15) is 16.8 Å². The average Bonchev–Trinajstić information content (AvgIpc) is 2.46. The Morgan fingerprint density at radius 3 is 1.83 bits per heavy atom. The Balaban J connectivity index is 2.52. The minimum Gasteiger partial charge on any atom is -0.227 e. The first kappa shape index (κ1) is 8.50. The van der Waals surface area contributed by atoms with Crippen molar-refractivity contribution in [2.45, 2.75) is 23.3 Å². The molecular formula is C6H10O4S2. The van der Waals surface area contributed by atoms with Crippen LogP contribution in [0.4, 0.5) is 0 Å². The van der Waals surface area contributed by atoms with Gasteiger partial charge in [0.15, 0.2) is 23.8 Å². The number of hydrogen-bond acceptors (Lipinski definition) is 4. The second-order valence-electron chi connectivity index (χ2n) is 3.45. The molecule has 0 aromatic carbocycles. The zero-order valence-corrected chi connectivity index (χ0v) is 8.12. The van der Waals surface area contributed by atoms with Gasteiger partial charge in [0.25, 0.3) is 0 Å².